The van der Waals surface area contributed by atoms with Crippen molar-refractivity contribution < 1.29 is 9.53 Å². The van der Waals surface area contributed by atoms with Crippen molar-refractivity contribution in [1.29, 1.82) is 0 Å². The van der Waals surface area contributed by atoms with Crippen LogP contribution < -0.4 is 10.1 Å². The number of carbonyl (C=O) groups is 1. The van der Waals surface area contributed by atoms with Gasteiger partial charge in [-0.2, -0.15) is 0 Å². The first-order valence-electron chi connectivity index (χ1n) is 8.99. The van der Waals surface area contributed by atoms with Gasteiger partial charge >= 0.3 is 0 Å². The van der Waals surface area contributed by atoms with Crippen molar-refractivity contribution in [3.63, 3.8) is 0 Å². The molecular weight excluding hydrogens is 392 g/mol. The number of amides is 1. The van der Waals surface area contributed by atoms with Gasteiger partial charge in [-0.1, -0.05) is 62.7 Å². The SMILES string of the molecule is Cc1sc(NC(=O)COc2ccccc2C(C)(C)C)nc1-c1ccc(Cl)cc1. The zero-order valence-electron chi connectivity index (χ0n) is 16.4. The average molecular weight is 415 g/mol. The summed E-state index contributed by atoms with van der Waals surface area (Å²) in [6, 6.07) is 15.3. The molecule has 0 aliphatic rings. The number of aromatic nitrogens is 1. The van der Waals surface area contributed by atoms with E-state index in [4.69, 9.17) is 16.3 Å². The Balaban J connectivity index is 1.67. The Morgan fingerprint density at radius 1 is 1.14 bits per heavy atom. The van der Waals surface area contributed by atoms with E-state index in [2.05, 4.69) is 31.1 Å². The summed E-state index contributed by atoms with van der Waals surface area (Å²) >= 11 is 7.39. The molecule has 0 aliphatic carbocycles. The maximum absolute atomic E-state index is 12.4. The van der Waals surface area contributed by atoms with Gasteiger partial charge in [-0.15, -0.1) is 11.3 Å². The van der Waals surface area contributed by atoms with Crippen molar-refractivity contribution in [2.24, 2.45) is 0 Å². The van der Waals surface area contributed by atoms with Crippen LogP contribution in [0.4, 0.5) is 5.13 Å². The lowest BCUT2D eigenvalue weighted by Gasteiger charge is -2.22. The lowest BCUT2D eigenvalue weighted by Crippen LogP contribution is -2.21. The molecule has 0 bridgehead atoms. The quantitative estimate of drug-likeness (QED) is 0.549. The summed E-state index contributed by atoms with van der Waals surface area (Å²) in [5.41, 5.74) is 2.82. The lowest BCUT2D eigenvalue weighted by molar-refractivity contribution is -0.118. The van der Waals surface area contributed by atoms with Crippen LogP contribution in [0.3, 0.4) is 0 Å². The Morgan fingerprint density at radius 3 is 2.50 bits per heavy atom. The molecule has 2 aromatic carbocycles. The van der Waals surface area contributed by atoms with Crippen LogP contribution in [0, 0.1) is 6.92 Å². The number of thiazole rings is 1. The van der Waals surface area contributed by atoms with Crippen molar-refractivity contribution in [2.75, 3.05) is 11.9 Å². The molecule has 1 amide bonds. The van der Waals surface area contributed by atoms with E-state index < -0.39 is 0 Å². The number of carbonyl (C=O) groups excluding carboxylic acids is 1. The fourth-order valence-corrected chi connectivity index (χ4v) is 3.81. The topological polar surface area (TPSA) is 51.2 Å². The van der Waals surface area contributed by atoms with E-state index in [0.29, 0.717) is 10.2 Å². The summed E-state index contributed by atoms with van der Waals surface area (Å²) < 4.78 is 5.78. The zero-order chi connectivity index (χ0) is 20.3. The van der Waals surface area contributed by atoms with Crippen LogP contribution >= 0.6 is 22.9 Å². The molecule has 28 heavy (non-hydrogen) atoms. The molecule has 0 saturated heterocycles. The number of benzene rings is 2. The van der Waals surface area contributed by atoms with Gasteiger partial charge in [0.1, 0.15) is 5.75 Å². The second-order valence-electron chi connectivity index (χ2n) is 7.51. The van der Waals surface area contributed by atoms with Crippen molar-refractivity contribution in [3.05, 3.63) is 64.0 Å². The summed E-state index contributed by atoms with van der Waals surface area (Å²) in [7, 11) is 0. The van der Waals surface area contributed by atoms with Gasteiger partial charge in [0, 0.05) is 15.5 Å². The van der Waals surface area contributed by atoms with Gasteiger partial charge in [-0.3, -0.25) is 10.1 Å². The molecule has 146 valence electrons. The molecule has 0 fully saturated rings. The highest BCUT2D eigenvalue weighted by Crippen LogP contribution is 2.32. The Hall–Kier alpha value is -2.37. The standard InChI is InChI=1S/C22H23ClN2O2S/c1-14-20(15-9-11-16(23)12-10-15)25-21(28-14)24-19(26)13-27-18-8-6-5-7-17(18)22(2,3)4/h5-12H,13H2,1-4H3,(H,24,25,26). The van der Waals surface area contributed by atoms with Crippen LogP contribution in [-0.2, 0) is 10.2 Å². The van der Waals surface area contributed by atoms with Gasteiger partial charge in [-0.25, -0.2) is 4.98 Å². The first-order valence-corrected chi connectivity index (χ1v) is 10.2. The Labute approximate surface area is 174 Å². The number of nitrogens with one attached hydrogen (secondary N) is 1. The molecular formula is C22H23ClN2O2S. The molecule has 0 atom stereocenters. The minimum Gasteiger partial charge on any atom is -0.483 e. The Bertz CT molecular complexity index is 975. The number of aryl methyl sites for hydroxylation is 1. The summed E-state index contributed by atoms with van der Waals surface area (Å²) in [6.45, 7) is 8.26. The van der Waals surface area contributed by atoms with Gasteiger partial charge in [0.15, 0.2) is 11.7 Å². The molecule has 1 heterocycles. The monoisotopic (exact) mass is 414 g/mol. The van der Waals surface area contributed by atoms with E-state index in [1.165, 1.54) is 11.3 Å². The number of para-hydroxylation sites is 1. The maximum Gasteiger partial charge on any atom is 0.264 e. The molecule has 0 spiro atoms. The normalized spacial score (nSPS) is 11.3. The summed E-state index contributed by atoms with van der Waals surface area (Å²) in [5.74, 6) is 0.488. The lowest BCUT2D eigenvalue weighted by atomic mass is 9.86. The van der Waals surface area contributed by atoms with Gasteiger partial charge in [0.2, 0.25) is 0 Å². The van der Waals surface area contributed by atoms with E-state index in [-0.39, 0.29) is 17.9 Å². The van der Waals surface area contributed by atoms with Crippen LogP contribution in [0.25, 0.3) is 11.3 Å². The minimum absolute atomic E-state index is 0.0625. The predicted molar refractivity (Wildman–Crippen MR) is 117 cm³/mol. The third-order valence-corrected chi connectivity index (χ3v) is 5.35. The van der Waals surface area contributed by atoms with Gasteiger partial charge in [0.05, 0.1) is 5.69 Å². The fraction of sp³-hybridized carbons (Fsp3) is 0.273. The summed E-state index contributed by atoms with van der Waals surface area (Å²) in [5, 5.41) is 4.06. The molecule has 3 rings (SSSR count). The van der Waals surface area contributed by atoms with Gasteiger partial charge in [-0.05, 0) is 36.1 Å². The summed E-state index contributed by atoms with van der Waals surface area (Å²) in [6.07, 6.45) is 0. The number of anilines is 1. The molecule has 1 N–H and O–H groups in total. The molecule has 0 radical (unpaired) electrons. The van der Waals surface area contributed by atoms with Crippen LogP contribution in [0.1, 0.15) is 31.2 Å². The van der Waals surface area contributed by atoms with Gasteiger partial charge in [0.25, 0.3) is 5.91 Å². The summed E-state index contributed by atoms with van der Waals surface area (Å²) in [4.78, 5) is 17.9. The highest BCUT2D eigenvalue weighted by atomic mass is 35.5. The van der Waals surface area contributed by atoms with E-state index in [1.54, 1.807) is 0 Å². The van der Waals surface area contributed by atoms with Gasteiger partial charge < -0.3 is 4.74 Å². The number of nitrogens with zero attached hydrogens (tertiary/aromatic N) is 1. The minimum atomic E-state index is -0.236. The zero-order valence-corrected chi connectivity index (χ0v) is 17.9. The number of ether oxygens (including phenoxy) is 1. The van der Waals surface area contributed by atoms with Crippen LogP contribution in [0.15, 0.2) is 48.5 Å². The smallest absolute Gasteiger partial charge is 0.264 e. The molecule has 3 aromatic rings. The highest BCUT2D eigenvalue weighted by molar-refractivity contribution is 7.16. The van der Waals surface area contributed by atoms with Crippen molar-refractivity contribution >= 4 is 34.0 Å². The van der Waals surface area contributed by atoms with E-state index >= 15 is 0 Å². The maximum atomic E-state index is 12.4. The number of rotatable bonds is 5. The Morgan fingerprint density at radius 2 is 1.82 bits per heavy atom. The number of hydrogen-bond donors (Lipinski definition) is 1. The van der Waals surface area contributed by atoms with Crippen molar-refractivity contribution in [3.8, 4) is 17.0 Å². The first-order chi connectivity index (χ1) is 13.2. The number of hydrogen-bond acceptors (Lipinski definition) is 4. The third-order valence-electron chi connectivity index (χ3n) is 4.21. The number of halogens is 1. The Kier molecular flexibility index (Phi) is 6.06. The van der Waals surface area contributed by atoms with Crippen LogP contribution in [0.2, 0.25) is 5.02 Å². The third kappa shape index (κ3) is 4.91. The largest absolute Gasteiger partial charge is 0.483 e. The molecule has 4 nitrogen and oxygen atoms in total. The van der Waals surface area contributed by atoms with Crippen LogP contribution in [0.5, 0.6) is 5.75 Å². The second-order valence-corrected chi connectivity index (χ2v) is 9.15. The molecule has 1 aromatic heterocycles. The molecule has 6 heteroatoms. The van der Waals surface area contributed by atoms with E-state index in [9.17, 15) is 4.79 Å². The molecule has 0 aliphatic heterocycles. The second kappa shape index (κ2) is 8.33. The van der Waals surface area contributed by atoms with E-state index in [0.717, 1.165) is 27.4 Å². The highest BCUT2D eigenvalue weighted by Gasteiger charge is 2.19. The molecule has 0 unspecified atom stereocenters. The van der Waals surface area contributed by atoms with E-state index in [1.807, 2.05) is 55.5 Å². The first kappa shape index (κ1) is 20.4. The van der Waals surface area contributed by atoms with Crippen LogP contribution in [-0.4, -0.2) is 17.5 Å². The predicted octanol–water partition coefficient (Wildman–Crippen LogP) is 6.09. The fourth-order valence-electron chi connectivity index (χ4n) is 2.84. The van der Waals surface area contributed by atoms with Crippen molar-refractivity contribution in [1.82, 2.24) is 4.98 Å². The molecule has 0 saturated carbocycles. The average Bonchev–Trinajstić information content (AvgIpc) is 3.00. The van der Waals surface area contributed by atoms with Crippen molar-refractivity contribution in [2.45, 2.75) is 33.1 Å².